The normalized spacial score (nSPS) is 40.5. The molecule has 0 aromatic heterocycles. The van der Waals surface area contributed by atoms with Crippen molar-refractivity contribution in [3.63, 3.8) is 0 Å². The van der Waals surface area contributed by atoms with E-state index >= 15 is 0 Å². The van der Waals surface area contributed by atoms with Crippen LogP contribution in [0.15, 0.2) is 41.8 Å². The van der Waals surface area contributed by atoms with Crippen molar-refractivity contribution >= 4 is 29.4 Å². The molecule has 0 bridgehead atoms. The fraction of sp³-hybridized carbons (Fsp3) is 0.643. The van der Waals surface area contributed by atoms with E-state index in [1.807, 2.05) is 13.8 Å². The van der Waals surface area contributed by atoms with Crippen LogP contribution in [0.1, 0.15) is 53.9 Å². The minimum Gasteiger partial charge on any atom is -0.455 e. The van der Waals surface area contributed by atoms with Gasteiger partial charge in [0.05, 0.1) is 22.7 Å². The summed E-state index contributed by atoms with van der Waals surface area (Å²) in [5.74, 6) is -2.26. The number of rotatable bonds is 7. The maximum Gasteiger partial charge on any atom is 0.321 e. The Morgan fingerprint density at radius 1 is 1.27 bits per heavy atom. The molecule has 2 saturated carbocycles. The van der Waals surface area contributed by atoms with Gasteiger partial charge in [0, 0.05) is 23.8 Å². The molecule has 1 aromatic rings. The summed E-state index contributed by atoms with van der Waals surface area (Å²) >= 11 is 0.873. The Morgan fingerprint density at radius 2 is 1.93 bits per heavy atom. The number of carbonyl (C=O) groups excluding carboxylic acids is 2. The maximum absolute atomic E-state index is 13.9. The summed E-state index contributed by atoms with van der Waals surface area (Å²) in [5.41, 5.74) is -7.81. The van der Waals surface area contributed by atoms with Gasteiger partial charge in [0.1, 0.15) is 17.0 Å². The summed E-state index contributed by atoms with van der Waals surface area (Å²) in [6.45, 7) is 11.8. The highest BCUT2D eigenvalue weighted by molar-refractivity contribution is 7.97. The number of ether oxygens (including phenoxy) is 2. The molecule has 2 aliphatic carbocycles. The molecule has 1 heterocycles. The molecular weight excluding hydrogens is 540 g/mol. The highest BCUT2D eigenvalue weighted by Gasteiger charge is 2.81. The van der Waals surface area contributed by atoms with Crippen LogP contribution < -0.4 is 4.72 Å². The van der Waals surface area contributed by atoms with Gasteiger partial charge in [-0.15, -0.1) is 6.58 Å². The van der Waals surface area contributed by atoms with Gasteiger partial charge in [0.2, 0.25) is 0 Å². The molecule has 0 radical (unpaired) electrons. The first kappa shape index (κ1) is 30.6. The molecule has 1 saturated heterocycles. The fourth-order valence-corrected chi connectivity index (χ4v) is 8.27. The summed E-state index contributed by atoms with van der Waals surface area (Å²) in [7, 11) is 0. The molecular formula is C28H38N2O9S. The van der Waals surface area contributed by atoms with Crippen LogP contribution >= 0.6 is 11.9 Å². The summed E-state index contributed by atoms with van der Waals surface area (Å²) < 4.78 is 14.9. The zero-order chi connectivity index (χ0) is 29.9. The van der Waals surface area contributed by atoms with Gasteiger partial charge in [0.15, 0.2) is 17.5 Å². The lowest BCUT2D eigenvalue weighted by Crippen LogP contribution is -2.86. The predicted molar refractivity (Wildman–Crippen MR) is 146 cm³/mol. The third-order valence-corrected chi connectivity index (χ3v) is 10.3. The highest BCUT2D eigenvalue weighted by Crippen LogP contribution is 2.67. The Bertz CT molecular complexity index is 1230. The van der Waals surface area contributed by atoms with Crippen LogP contribution in [0.25, 0.3) is 0 Å². The smallest absolute Gasteiger partial charge is 0.321 e. The average Bonchev–Trinajstić information content (AvgIpc) is 2.87. The Kier molecular flexibility index (Phi) is 7.79. The zero-order valence-electron chi connectivity index (χ0n) is 23.4. The standard InChI is InChI=1S/C28H38N2O9S/c1-7-25(4)14-19(32)28(35)26(5)18(31)12-13-24(2,3)22(26)21(34)23(27(28,6)39-25)38-20(33)15-29-40-17-11-9-8-10-16(17)30(36)37/h7-11,18,21-23,29,31,34-35H,1,12-15H2,2-6H3/t18-,21-,22-,23-,25-,26-,27+,28-/m0/s1. The second-order valence-corrected chi connectivity index (χ2v) is 13.3. The Hall–Kier alpha value is -2.35. The summed E-state index contributed by atoms with van der Waals surface area (Å²) in [5, 5.41) is 46.9. The van der Waals surface area contributed by atoms with E-state index in [-0.39, 0.29) is 17.0 Å². The van der Waals surface area contributed by atoms with Crippen LogP contribution in [0, 0.1) is 26.9 Å². The SMILES string of the molecule is C=C[C@@]1(C)CC(=O)[C@]2(O)[C@@]3(C)[C@@H](O)CCC(C)(C)[C@@H]3[C@H](O)[C@H](OC(=O)CNSc3ccccc3[N+](=O)[O-])[C@@]2(C)O1. The molecule has 220 valence electrons. The number of esters is 1. The largest absolute Gasteiger partial charge is 0.455 e. The number of Topliss-reactive ketones (excluding diaryl/α,β-unsaturated/α-hetero) is 1. The lowest BCUT2D eigenvalue weighted by Gasteiger charge is -2.71. The van der Waals surface area contributed by atoms with Crippen molar-refractivity contribution in [3.8, 4) is 0 Å². The first-order valence-corrected chi connectivity index (χ1v) is 14.1. The number of ketones is 1. The third-order valence-electron chi connectivity index (χ3n) is 9.45. The number of hydrogen-bond acceptors (Lipinski definition) is 11. The van der Waals surface area contributed by atoms with Crippen molar-refractivity contribution in [1.82, 2.24) is 4.72 Å². The van der Waals surface area contributed by atoms with E-state index in [0.717, 1.165) is 11.9 Å². The molecule has 3 fully saturated rings. The van der Waals surface area contributed by atoms with Crippen molar-refractivity contribution in [3.05, 3.63) is 47.0 Å². The molecule has 0 spiro atoms. The Balaban J connectivity index is 1.69. The van der Waals surface area contributed by atoms with Gasteiger partial charge in [-0.1, -0.05) is 39.0 Å². The van der Waals surface area contributed by atoms with Gasteiger partial charge in [-0.2, -0.15) is 0 Å². The average molecular weight is 579 g/mol. The first-order chi connectivity index (χ1) is 18.5. The van der Waals surface area contributed by atoms with Gasteiger partial charge in [-0.3, -0.25) is 19.7 Å². The minimum absolute atomic E-state index is 0.135. The Morgan fingerprint density at radius 3 is 2.55 bits per heavy atom. The van der Waals surface area contributed by atoms with E-state index in [1.54, 1.807) is 19.9 Å². The maximum atomic E-state index is 13.9. The van der Waals surface area contributed by atoms with Crippen molar-refractivity contribution in [2.75, 3.05) is 6.54 Å². The molecule has 1 aromatic carbocycles. The number of nitro groups is 1. The zero-order valence-corrected chi connectivity index (χ0v) is 24.2. The molecule has 12 heteroatoms. The molecule has 11 nitrogen and oxygen atoms in total. The molecule has 4 N–H and O–H groups in total. The van der Waals surface area contributed by atoms with Gasteiger partial charge < -0.3 is 24.8 Å². The van der Waals surface area contributed by atoms with E-state index in [4.69, 9.17) is 9.47 Å². The number of aliphatic hydroxyl groups is 3. The van der Waals surface area contributed by atoms with Crippen LogP contribution in [0.5, 0.6) is 0 Å². The molecule has 0 amide bonds. The van der Waals surface area contributed by atoms with Crippen molar-refractivity contribution in [1.29, 1.82) is 0 Å². The number of para-hydroxylation sites is 1. The molecule has 0 unspecified atom stereocenters. The van der Waals surface area contributed by atoms with Gasteiger partial charge in [-0.05, 0) is 50.1 Å². The van der Waals surface area contributed by atoms with E-state index in [9.17, 15) is 35.0 Å². The van der Waals surface area contributed by atoms with Crippen LogP contribution in [0.2, 0.25) is 0 Å². The molecule has 1 aliphatic heterocycles. The van der Waals surface area contributed by atoms with E-state index in [0.29, 0.717) is 12.8 Å². The number of hydrogen-bond donors (Lipinski definition) is 4. The van der Waals surface area contributed by atoms with Crippen molar-refractivity contribution in [2.24, 2.45) is 16.7 Å². The predicted octanol–water partition coefficient (Wildman–Crippen LogP) is 2.71. The van der Waals surface area contributed by atoms with E-state index in [1.165, 1.54) is 31.2 Å². The van der Waals surface area contributed by atoms with Gasteiger partial charge >= 0.3 is 5.97 Å². The number of carbonyl (C=O) groups is 2. The number of fused-ring (bicyclic) bond motifs is 3. The van der Waals surface area contributed by atoms with Crippen LogP contribution in [0.3, 0.4) is 0 Å². The quantitative estimate of drug-likeness (QED) is 0.123. The van der Waals surface area contributed by atoms with Gasteiger partial charge in [-0.25, -0.2) is 4.72 Å². The number of nitrogens with zero attached hydrogens (tertiary/aromatic N) is 1. The number of benzene rings is 1. The monoisotopic (exact) mass is 578 g/mol. The second kappa shape index (κ2) is 10.2. The first-order valence-electron chi connectivity index (χ1n) is 13.3. The molecule has 8 atom stereocenters. The molecule has 3 aliphatic rings. The third kappa shape index (κ3) is 4.40. The van der Waals surface area contributed by atoms with Gasteiger partial charge in [0.25, 0.3) is 5.69 Å². The lowest BCUT2D eigenvalue weighted by atomic mass is 9.40. The molecule has 40 heavy (non-hydrogen) atoms. The van der Waals surface area contributed by atoms with E-state index in [2.05, 4.69) is 11.3 Å². The van der Waals surface area contributed by atoms with Crippen molar-refractivity contribution in [2.45, 2.75) is 93.9 Å². The summed E-state index contributed by atoms with van der Waals surface area (Å²) in [6, 6.07) is 6.03. The van der Waals surface area contributed by atoms with Crippen LogP contribution in [-0.2, 0) is 19.1 Å². The number of nitrogens with one attached hydrogen (secondary N) is 1. The fourth-order valence-electron chi connectivity index (χ4n) is 7.53. The lowest BCUT2D eigenvalue weighted by molar-refractivity contribution is -0.387. The summed E-state index contributed by atoms with van der Waals surface area (Å²) in [4.78, 5) is 38.1. The number of nitro benzene ring substituents is 1. The van der Waals surface area contributed by atoms with Crippen LogP contribution in [-0.4, -0.2) is 73.7 Å². The highest BCUT2D eigenvalue weighted by atomic mass is 32.2. The minimum atomic E-state index is -2.32. The van der Waals surface area contributed by atoms with Crippen LogP contribution in [0.4, 0.5) is 5.69 Å². The van der Waals surface area contributed by atoms with E-state index < -0.39 is 75.1 Å². The second-order valence-electron chi connectivity index (χ2n) is 12.4. The summed E-state index contributed by atoms with van der Waals surface area (Å²) in [6.07, 6.45) is -2.02. The Labute approximate surface area is 237 Å². The topological polar surface area (TPSA) is 168 Å². The number of aliphatic hydroxyl groups excluding tert-OH is 2. The molecule has 4 rings (SSSR count). The van der Waals surface area contributed by atoms with Crippen molar-refractivity contribution < 1.29 is 39.3 Å².